The smallest absolute Gasteiger partial charge is 0.251 e. The van der Waals surface area contributed by atoms with Crippen molar-refractivity contribution >= 4 is 32.7 Å². The topological polar surface area (TPSA) is 111 Å². The zero-order chi connectivity index (χ0) is 21.1. The van der Waals surface area contributed by atoms with Crippen molar-refractivity contribution in [2.45, 2.75) is 11.3 Å². The Morgan fingerprint density at radius 3 is 2.63 bits per heavy atom. The van der Waals surface area contributed by atoms with Gasteiger partial charge in [-0.25, -0.2) is 8.42 Å². The van der Waals surface area contributed by atoms with Gasteiger partial charge in [-0.3, -0.25) is 9.59 Å². The number of piperazine rings is 1. The van der Waals surface area contributed by atoms with E-state index in [9.17, 15) is 18.0 Å². The van der Waals surface area contributed by atoms with Crippen molar-refractivity contribution in [1.82, 2.24) is 19.9 Å². The lowest BCUT2D eigenvalue weighted by Gasteiger charge is -2.25. The van der Waals surface area contributed by atoms with Crippen molar-refractivity contribution < 1.29 is 18.0 Å². The van der Waals surface area contributed by atoms with Gasteiger partial charge in [0.2, 0.25) is 15.9 Å². The summed E-state index contributed by atoms with van der Waals surface area (Å²) in [6.45, 7) is 0.779. The second kappa shape index (κ2) is 8.29. The SMILES string of the molecule is O=C1CN(S(=O)(=O)c2ccc(C(=O)NCCc3c[nH]c4ccccc34)cc2)CCN1. The van der Waals surface area contributed by atoms with Crippen LogP contribution in [0.3, 0.4) is 0 Å². The third-order valence-corrected chi connectivity index (χ3v) is 6.97. The van der Waals surface area contributed by atoms with Crippen LogP contribution in [-0.2, 0) is 21.2 Å². The molecule has 2 amide bonds. The van der Waals surface area contributed by atoms with E-state index in [0.29, 0.717) is 18.5 Å². The molecule has 0 atom stereocenters. The summed E-state index contributed by atoms with van der Waals surface area (Å²) < 4.78 is 26.5. The minimum absolute atomic E-state index is 0.0625. The molecule has 0 spiro atoms. The van der Waals surface area contributed by atoms with Crippen molar-refractivity contribution in [3.05, 3.63) is 65.9 Å². The van der Waals surface area contributed by atoms with Crippen LogP contribution >= 0.6 is 0 Å². The van der Waals surface area contributed by atoms with Gasteiger partial charge >= 0.3 is 0 Å². The Morgan fingerprint density at radius 1 is 1.10 bits per heavy atom. The fourth-order valence-electron chi connectivity index (χ4n) is 3.50. The Bertz CT molecular complexity index is 1190. The number of para-hydroxylation sites is 1. The van der Waals surface area contributed by atoms with Crippen LogP contribution in [0.1, 0.15) is 15.9 Å². The Balaban J connectivity index is 1.37. The molecular weight excluding hydrogens is 404 g/mol. The molecule has 9 heteroatoms. The van der Waals surface area contributed by atoms with Gasteiger partial charge in [-0.15, -0.1) is 0 Å². The van der Waals surface area contributed by atoms with E-state index in [0.717, 1.165) is 20.8 Å². The number of nitrogens with one attached hydrogen (secondary N) is 3. The maximum absolute atomic E-state index is 12.7. The molecule has 8 nitrogen and oxygen atoms in total. The van der Waals surface area contributed by atoms with E-state index in [1.165, 1.54) is 24.3 Å². The van der Waals surface area contributed by atoms with Crippen LogP contribution in [0.2, 0.25) is 0 Å². The summed E-state index contributed by atoms with van der Waals surface area (Å²) >= 11 is 0. The lowest BCUT2D eigenvalue weighted by Crippen LogP contribution is -2.49. The van der Waals surface area contributed by atoms with E-state index in [2.05, 4.69) is 15.6 Å². The average Bonchev–Trinajstić information content (AvgIpc) is 3.17. The lowest BCUT2D eigenvalue weighted by molar-refractivity contribution is -0.122. The van der Waals surface area contributed by atoms with Gasteiger partial charge < -0.3 is 15.6 Å². The van der Waals surface area contributed by atoms with Gasteiger partial charge in [0.1, 0.15) is 0 Å². The Hall–Kier alpha value is -3.17. The number of benzene rings is 2. The number of amides is 2. The predicted octanol–water partition coefficient (Wildman–Crippen LogP) is 1.26. The number of aromatic nitrogens is 1. The Labute approximate surface area is 174 Å². The largest absolute Gasteiger partial charge is 0.361 e. The van der Waals surface area contributed by atoms with Gasteiger partial charge in [0.15, 0.2) is 0 Å². The normalized spacial score (nSPS) is 15.1. The van der Waals surface area contributed by atoms with Crippen molar-refractivity contribution in [3.8, 4) is 0 Å². The highest BCUT2D eigenvalue weighted by atomic mass is 32.2. The average molecular weight is 426 g/mol. The first kappa shape index (κ1) is 20.1. The van der Waals surface area contributed by atoms with E-state index in [-0.39, 0.29) is 36.3 Å². The van der Waals surface area contributed by atoms with Crippen LogP contribution in [-0.4, -0.2) is 55.7 Å². The summed E-state index contributed by atoms with van der Waals surface area (Å²) in [6.07, 6.45) is 2.62. The van der Waals surface area contributed by atoms with E-state index in [1.54, 1.807) is 0 Å². The number of sulfonamides is 1. The molecule has 0 aliphatic carbocycles. The number of fused-ring (bicyclic) bond motifs is 1. The first-order valence-electron chi connectivity index (χ1n) is 9.65. The second-order valence-electron chi connectivity index (χ2n) is 7.08. The number of hydrogen-bond donors (Lipinski definition) is 3. The molecule has 1 fully saturated rings. The third-order valence-electron chi connectivity index (χ3n) is 5.11. The monoisotopic (exact) mass is 426 g/mol. The molecule has 1 aliphatic heterocycles. The van der Waals surface area contributed by atoms with E-state index < -0.39 is 10.0 Å². The molecule has 30 heavy (non-hydrogen) atoms. The van der Waals surface area contributed by atoms with Crippen LogP contribution in [0, 0.1) is 0 Å². The molecule has 0 unspecified atom stereocenters. The van der Waals surface area contributed by atoms with Gasteiger partial charge in [-0.2, -0.15) is 4.31 Å². The molecule has 0 bridgehead atoms. The predicted molar refractivity (Wildman–Crippen MR) is 113 cm³/mol. The number of rotatable bonds is 6. The molecule has 2 aromatic carbocycles. The van der Waals surface area contributed by atoms with Gasteiger partial charge in [0.25, 0.3) is 5.91 Å². The van der Waals surface area contributed by atoms with Gasteiger partial charge in [0, 0.05) is 42.3 Å². The van der Waals surface area contributed by atoms with Gasteiger partial charge in [0.05, 0.1) is 11.4 Å². The summed E-state index contributed by atoms with van der Waals surface area (Å²) in [5.74, 6) is -0.591. The van der Waals surface area contributed by atoms with Crippen LogP contribution in [0.25, 0.3) is 10.9 Å². The standard InChI is InChI=1S/C21H22N4O4S/c26-20-14-25(12-11-22-20)30(28,29)17-7-5-15(6-8-17)21(27)23-10-9-16-13-24-19-4-2-1-3-18(16)19/h1-8,13,24H,9-12,14H2,(H,22,26)(H,23,27). The van der Waals surface area contributed by atoms with E-state index >= 15 is 0 Å². The molecule has 3 aromatic rings. The zero-order valence-electron chi connectivity index (χ0n) is 16.2. The number of carbonyl (C=O) groups excluding carboxylic acids is 2. The maximum Gasteiger partial charge on any atom is 0.251 e. The number of aromatic amines is 1. The molecule has 3 N–H and O–H groups in total. The summed E-state index contributed by atoms with van der Waals surface area (Å²) in [4.78, 5) is 27.2. The number of nitrogens with zero attached hydrogens (tertiary/aromatic N) is 1. The minimum atomic E-state index is -3.77. The molecule has 4 rings (SSSR count). The summed E-state index contributed by atoms with van der Waals surface area (Å²) in [6, 6.07) is 13.7. The molecule has 1 aliphatic rings. The summed E-state index contributed by atoms with van der Waals surface area (Å²) in [5, 5.41) is 6.59. The van der Waals surface area contributed by atoms with Crippen molar-refractivity contribution in [3.63, 3.8) is 0 Å². The molecule has 156 valence electrons. The van der Waals surface area contributed by atoms with Crippen LogP contribution in [0.4, 0.5) is 0 Å². The van der Waals surface area contributed by atoms with E-state index in [4.69, 9.17) is 0 Å². The number of carbonyl (C=O) groups is 2. The molecule has 1 saturated heterocycles. The molecule has 0 radical (unpaired) electrons. The maximum atomic E-state index is 12.7. The molecular formula is C21H22N4O4S. The summed E-state index contributed by atoms with van der Waals surface area (Å²) in [5.41, 5.74) is 2.56. The molecule has 0 saturated carbocycles. The number of H-pyrrole nitrogens is 1. The first-order valence-corrected chi connectivity index (χ1v) is 11.1. The first-order chi connectivity index (χ1) is 14.4. The lowest BCUT2D eigenvalue weighted by atomic mass is 10.1. The fraction of sp³-hybridized carbons (Fsp3) is 0.238. The van der Waals surface area contributed by atoms with Crippen molar-refractivity contribution in [2.24, 2.45) is 0 Å². The minimum Gasteiger partial charge on any atom is -0.361 e. The Kier molecular flexibility index (Phi) is 5.56. The van der Waals surface area contributed by atoms with E-state index in [1.807, 2.05) is 30.5 Å². The highest BCUT2D eigenvalue weighted by Crippen LogP contribution is 2.19. The third kappa shape index (κ3) is 4.07. The van der Waals surface area contributed by atoms with Crippen LogP contribution < -0.4 is 10.6 Å². The highest BCUT2D eigenvalue weighted by Gasteiger charge is 2.29. The summed E-state index contributed by atoms with van der Waals surface area (Å²) in [7, 11) is -3.77. The Morgan fingerprint density at radius 2 is 1.87 bits per heavy atom. The highest BCUT2D eigenvalue weighted by molar-refractivity contribution is 7.89. The second-order valence-corrected chi connectivity index (χ2v) is 9.02. The number of hydrogen-bond acceptors (Lipinski definition) is 4. The van der Waals surface area contributed by atoms with Crippen molar-refractivity contribution in [1.29, 1.82) is 0 Å². The zero-order valence-corrected chi connectivity index (χ0v) is 17.0. The van der Waals surface area contributed by atoms with Gasteiger partial charge in [-0.1, -0.05) is 18.2 Å². The van der Waals surface area contributed by atoms with Crippen LogP contribution in [0.5, 0.6) is 0 Å². The molecule has 2 heterocycles. The quantitative estimate of drug-likeness (QED) is 0.551. The van der Waals surface area contributed by atoms with Crippen LogP contribution in [0.15, 0.2) is 59.6 Å². The van der Waals surface area contributed by atoms with Gasteiger partial charge in [-0.05, 0) is 42.3 Å². The van der Waals surface area contributed by atoms with Crippen molar-refractivity contribution in [2.75, 3.05) is 26.2 Å². The fourth-order valence-corrected chi connectivity index (χ4v) is 4.90. The molecule has 1 aromatic heterocycles.